The number of methoxy groups -OCH3 is 2. The molecular formula is C17H24BrNO2. The van der Waals surface area contributed by atoms with Crippen LogP contribution in [0.5, 0.6) is 11.5 Å². The van der Waals surface area contributed by atoms with Crippen LogP contribution in [0.2, 0.25) is 0 Å². The molecule has 1 heterocycles. The quantitative estimate of drug-likeness (QED) is 0.754. The first-order valence-electron chi connectivity index (χ1n) is 7.72. The van der Waals surface area contributed by atoms with E-state index in [1.54, 1.807) is 14.2 Å². The molecular weight excluding hydrogens is 330 g/mol. The third-order valence-corrected chi connectivity index (χ3v) is 6.24. The molecule has 0 unspecified atom stereocenters. The van der Waals surface area contributed by atoms with Gasteiger partial charge in [-0.3, -0.25) is 4.90 Å². The number of benzene rings is 1. The van der Waals surface area contributed by atoms with Gasteiger partial charge in [-0.25, -0.2) is 0 Å². The van der Waals surface area contributed by atoms with Crippen LogP contribution in [0.25, 0.3) is 0 Å². The Labute approximate surface area is 135 Å². The van der Waals surface area contributed by atoms with E-state index < -0.39 is 0 Å². The minimum atomic E-state index is 0.522. The van der Waals surface area contributed by atoms with E-state index in [1.807, 2.05) is 0 Å². The van der Waals surface area contributed by atoms with E-state index in [9.17, 15) is 0 Å². The number of halogens is 1. The fourth-order valence-electron chi connectivity index (χ4n) is 3.56. The van der Waals surface area contributed by atoms with Gasteiger partial charge < -0.3 is 9.47 Å². The van der Waals surface area contributed by atoms with Crippen molar-refractivity contribution in [1.29, 1.82) is 0 Å². The SMILES string of the molecule is COc1cc2c(cc1OC)CN(CC1(CBr)CCC1)CC2. The summed E-state index contributed by atoms with van der Waals surface area (Å²) in [5.41, 5.74) is 3.32. The van der Waals surface area contributed by atoms with E-state index in [0.29, 0.717) is 5.41 Å². The molecule has 0 amide bonds. The van der Waals surface area contributed by atoms with E-state index in [-0.39, 0.29) is 0 Å². The Morgan fingerprint density at radius 2 is 1.81 bits per heavy atom. The molecule has 3 rings (SSSR count). The van der Waals surface area contributed by atoms with Crippen LogP contribution < -0.4 is 9.47 Å². The highest BCUT2D eigenvalue weighted by molar-refractivity contribution is 9.09. The second kappa shape index (κ2) is 6.17. The molecule has 0 saturated heterocycles. The van der Waals surface area contributed by atoms with Crippen LogP contribution in [-0.2, 0) is 13.0 Å². The van der Waals surface area contributed by atoms with Crippen molar-refractivity contribution in [3.63, 3.8) is 0 Å². The number of ether oxygens (including phenoxy) is 2. The molecule has 0 aromatic heterocycles. The van der Waals surface area contributed by atoms with Gasteiger partial charge in [-0.05, 0) is 47.9 Å². The van der Waals surface area contributed by atoms with Gasteiger partial charge >= 0.3 is 0 Å². The third-order valence-electron chi connectivity index (χ3n) is 5.05. The highest BCUT2D eigenvalue weighted by atomic mass is 79.9. The average molecular weight is 354 g/mol. The van der Waals surface area contributed by atoms with Crippen LogP contribution in [-0.4, -0.2) is 37.5 Å². The fraction of sp³-hybridized carbons (Fsp3) is 0.647. The van der Waals surface area contributed by atoms with Gasteiger partial charge in [0.2, 0.25) is 0 Å². The van der Waals surface area contributed by atoms with E-state index in [2.05, 4.69) is 33.0 Å². The van der Waals surface area contributed by atoms with Gasteiger partial charge in [-0.15, -0.1) is 0 Å². The Balaban J connectivity index is 1.75. The number of nitrogens with zero attached hydrogens (tertiary/aromatic N) is 1. The molecule has 3 nitrogen and oxygen atoms in total. The van der Waals surface area contributed by atoms with Gasteiger partial charge in [0, 0.05) is 25.0 Å². The topological polar surface area (TPSA) is 21.7 Å². The zero-order chi connectivity index (χ0) is 14.9. The predicted molar refractivity (Wildman–Crippen MR) is 88.6 cm³/mol. The largest absolute Gasteiger partial charge is 0.493 e. The van der Waals surface area contributed by atoms with Gasteiger partial charge in [0.1, 0.15) is 0 Å². The van der Waals surface area contributed by atoms with Crippen LogP contribution in [0.3, 0.4) is 0 Å². The van der Waals surface area contributed by atoms with Crippen LogP contribution in [0.1, 0.15) is 30.4 Å². The monoisotopic (exact) mass is 353 g/mol. The minimum Gasteiger partial charge on any atom is -0.493 e. The Bertz CT molecular complexity index is 508. The van der Waals surface area contributed by atoms with E-state index >= 15 is 0 Å². The van der Waals surface area contributed by atoms with E-state index in [0.717, 1.165) is 36.3 Å². The molecule has 0 atom stereocenters. The molecule has 2 aliphatic rings. The van der Waals surface area contributed by atoms with Crippen molar-refractivity contribution in [1.82, 2.24) is 4.90 Å². The van der Waals surface area contributed by atoms with Crippen molar-refractivity contribution in [2.24, 2.45) is 5.41 Å². The van der Waals surface area contributed by atoms with Crippen molar-refractivity contribution >= 4 is 15.9 Å². The summed E-state index contributed by atoms with van der Waals surface area (Å²) in [5.74, 6) is 1.69. The summed E-state index contributed by atoms with van der Waals surface area (Å²) in [4.78, 5) is 2.61. The molecule has 1 aliphatic carbocycles. The van der Waals surface area contributed by atoms with Crippen LogP contribution in [0, 0.1) is 5.41 Å². The number of hydrogen-bond acceptors (Lipinski definition) is 3. The standard InChI is InChI=1S/C17H24BrNO2/c1-20-15-8-13-4-7-19(10-14(13)9-16(15)21-2)12-17(11-18)5-3-6-17/h8-9H,3-7,10-12H2,1-2H3. The lowest BCUT2D eigenvalue weighted by Crippen LogP contribution is -2.45. The molecule has 1 fully saturated rings. The predicted octanol–water partition coefficient (Wildman–Crippen LogP) is 3.63. The Kier molecular flexibility index (Phi) is 4.46. The van der Waals surface area contributed by atoms with E-state index in [1.165, 1.54) is 36.9 Å². The van der Waals surface area contributed by atoms with Crippen LogP contribution in [0.4, 0.5) is 0 Å². The molecule has 1 aromatic carbocycles. The minimum absolute atomic E-state index is 0.522. The zero-order valence-corrected chi connectivity index (χ0v) is 14.5. The lowest BCUT2D eigenvalue weighted by molar-refractivity contribution is 0.0835. The van der Waals surface area contributed by atoms with Crippen LogP contribution >= 0.6 is 15.9 Å². The smallest absolute Gasteiger partial charge is 0.161 e. The van der Waals surface area contributed by atoms with Crippen LogP contribution in [0.15, 0.2) is 12.1 Å². The maximum atomic E-state index is 5.44. The molecule has 1 aliphatic heterocycles. The number of alkyl halides is 1. The maximum absolute atomic E-state index is 5.44. The summed E-state index contributed by atoms with van der Waals surface area (Å²) >= 11 is 3.72. The van der Waals surface area contributed by atoms with Gasteiger partial charge in [-0.2, -0.15) is 0 Å². The second-order valence-electron chi connectivity index (χ2n) is 6.42. The normalized spacial score (nSPS) is 20.5. The summed E-state index contributed by atoms with van der Waals surface area (Å²) in [6.45, 7) is 3.40. The molecule has 0 N–H and O–H groups in total. The molecule has 116 valence electrons. The lowest BCUT2D eigenvalue weighted by atomic mass is 9.70. The van der Waals surface area contributed by atoms with Crippen molar-refractivity contribution in [3.05, 3.63) is 23.3 Å². The first-order valence-corrected chi connectivity index (χ1v) is 8.84. The molecule has 1 aromatic rings. The lowest BCUT2D eigenvalue weighted by Gasteiger charge is -2.45. The summed E-state index contributed by atoms with van der Waals surface area (Å²) in [6.07, 6.45) is 5.23. The molecule has 1 saturated carbocycles. The number of hydrogen-bond donors (Lipinski definition) is 0. The summed E-state index contributed by atoms with van der Waals surface area (Å²) < 4.78 is 10.8. The Morgan fingerprint density at radius 1 is 1.14 bits per heavy atom. The highest BCUT2D eigenvalue weighted by Gasteiger charge is 2.38. The third kappa shape index (κ3) is 2.93. The summed E-state index contributed by atoms with van der Waals surface area (Å²) in [5, 5.41) is 1.13. The highest BCUT2D eigenvalue weighted by Crippen LogP contribution is 2.44. The number of rotatable bonds is 5. The Hall–Kier alpha value is -0.740. The van der Waals surface area contributed by atoms with Crippen molar-refractivity contribution in [3.8, 4) is 11.5 Å². The molecule has 21 heavy (non-hydrogen) atoms. The second-order valence-corrected chi connectivity index (χ2v) is 6.98. The van der Waals surface area contributed by atoms with Crippen molar-refractivity contribution in [2.75, 3.05) is 32.6 Å². The maximum Gasteiger partial charge on any atom is 0.161 e. The summed E-state index contributed by atoms with van der Waals surface area (Å²) in [6, 6.07) is 4.30. The van der Waals surface area contributed by atoms with Gasteiger partial charge in [-0.1, -0.05) is 22.4 Å². The zero-order valence-electron chi connectivity index (χ0n) is 13.0. The van der Waals surface area contributed by atoms with Gasteiger partial charge in [0.25, 0.3) is 0 Å². The average Bonchev–Trinajstić information content (AvgIpc) is 2.49. The summed E-state index contributed by atoms with van der Waals surface area (Å²) in [7, 11) is 3.41. The Morgan fingerprint density at radius 3 is 2.33 bits per heavy atom. The van der Waals surface area contributed by atoms with E-state index in [4.69, 9.17) is 9.47 Å². The van der Waals surface area contributed by atoms with Crippen molar-refractivity contribution < 1.29 is 9.47 Å². The molecule has 0 spiro atoms. The molecule has 0 bridgehead atoms. The number of fused-ring (bicyclic) bond motifs is 1. The fourth-order valence-corrected chi connectivity index (χ4v) is 4.30. The first-order chi connectivity index (χ1) is 10.2. The van der Waals surface area contributed by atoms with Crippen molar-refractivity contribution in [2.45, 2.75) is 32.2 Å². The van der Waals surface area contributed by atoms with Gasteiger partial charge in [0.05, 0.1) is 14.2 Å². The molecule has 4 heteroatoms. The van der Waals surface area contributed by atoms with Gasteiger partial charge in [0.15, 0.2) is 11.5 Å². The first kappa shape index (κ1) is 15.2. The molecule has 0 radical (unpaired) electrons.